The molecule has 1 aliphatic carbocycles. The number of allylic oxidation sites excluding steroid dienone is 2. The molecule has 1 aliphatic rings. The normalized spacial score (nSPS) is 21.0. The van der Waals surface area contributed by atoms with Crippen LogP contribution in [0.25, 0.3) is 12.2 Å². The monoisotopic (exact) mass is 304 g/mol. The Bertz CT molecular complexity index is 587. The molecule has 0 heterocycles. The molecule has 1 unspecified atom stereocenters. The Kier molecular flexibility index (Phi) is 4.51. The van der Waals surface area contributed by atoms with E-state index in [1.165, 1.54) is 5.56 Å². The van der Waals surface area contributed by atoms with Gasteiger partial charge in [-0.05, 0) is 22.6 Å². The highest BCUT2D eigenvalue weighted by Crippen LogP contribution is 2.44. The average molecular weight is 304 g/mol. The van der Waals surface area contributed by atoms with Gasteiger partial charge in [-0.15, -0.1) is 0 Å². The lowest BCUT2D eigenvalue weighted by molar-refractivity contribution is 0.230. The van der Waals surface area contributed by atoms with Crippen LogP contribution in [0.4, 0.5) is 0 Å². The maximum atomic E-state index is 5.51. The zero-order valence-electron chi connectivity index (χ0n) is 13.1. The summed E-state index contributed by atoms with van der Waals surface area (Å²) in [7, 11) is 0. The fourth-order valence-corrected chi connectivity index (χ4v) is 2.62. The topological polar surface area (TPSA) is 47.3 Å². The maximum Gasteiger partial charge on any atom is 0.142 e. The summed E-state index contributed by atoms with van der Waals surface area (Å²) in [4.78, 5) is 0. The largest absolute Gasteiger partial charge is 0.429 e. The lowest BCUT2D eigenvalue weighted by Crippen LogP contribution is -2.28. The molecular formula is C17H24N2OS. The maximum absolute atomic E-state index is 5.51. The number of hydrogen-bond donors (Lipinski definition) is 3. The number of benzene rings is 1. The molecule has 0 amide bonds. The van der Waals surface area contributed by atoms with Gasteiger partial charge in [-0.3, -0.25) is 11.3 Å². The van der Waals surface area contributed by atoms with Gasteiger partial charge in [0, 0.05) is 30.4 Å². The zero-order chi connectivity index (χ0) is 15.7. The summed E-state index contributed by atoms with van der Waals surface area (Å²) >= 11 is 3.94. The smallest absolute Gasteiger partial charge is 0.142 e. The van der Waals surface area contributed by atoms with Gasteiger partial charge in [-0.25, -0.2) is 0 Å². The van der Waals surface area contributed by atoms with Crippen LogP contribution in [0.3, 0.4) is 0 Å². The van der Waals surface area contributed by atoms with Crippen LogP contribution in [0, 0.1) is 10.8 Å². The highest BCUT2D eigenvalue weighted by atomic mass is 32.1. The van der Waals surface area contributed by atoms with Crippen molar-refractivity contribution >= 4 is 25.1 Å². The van der Waals surface area contributed by atoms with Crippen LogP contribution in [0.1, 0.15) is 44.4 Å². The first-order valence-electron chi connectivity index (χ1n) is 7.11. The Morgan fingerprint density at radius 3 is 2.48 bits per heavy atom. The van der Waals surface area contributed by atoms with E-state index in [0.29, 0.717) is 6.54 Å². The molecule has 0 spiro atoms. The van der Waals surface area contributed by atoms with E-state index in [2.05, 4.69) is 76.4 Å². The first kappa shape index (κ1) is 16.1. The number of hydrazine groups is 1. The van der Waals surface area contributed by atoms with E-state index >= 15 is 0 Å². The number of nitrogens with one attached hydrogen (secondary N) is 1. The molecule has 0 saturated heterocycles. The minimum absolute atomic E-state index is 0.0125. The van der Waals surface area contributed by atoms with Crippen molar-refractivity contribution < 1.29 is 4.18 Å². The molecule has 3 nitrogen and oxygen atoms in total. The standard InChI is InChI=1S/C17H24N2OS/c1-16(2,3)17(4)9-7-12-5-6-15(20-21)14(11-19-18)13(12)8-10-17/h5-10,19,21H,11,18H2,1-4H3. The van der Waals surface area contributed by atoms with Gasteiger partial charge in [-0.1, -0.05) is 58.1 Å². The first-order chi connectivity index (χ1) is 9.82. The predicted octanol–water partition coefficient (Wildman–Crippen LogP) is 3.97. The first-order valence-corrected chi connectivity index (χ1v) is 7.48. The number of nitrogens with two attached hydrogens (primary N) is 1. The van der Waals surface area contributed by atoms with Gasteiger partial charge < -0.3 is 4.18 Å². The van der Waals surface area contributed by atoms with E-state index in [4.69, 9.17) is 10.0 Å². The van der Waals surface area contributed by atoms with Crippen LogP contribution < -0.4 is 15.5 Å². The molecule has 1 aromatic rings. The number of fused-ring (bicyclic) bond motifs is 1. The molecule has 0 saturated carbocycles. The highest BCUT2D eigenvalue weighted by Gasteiger charge is 2.33. The van der Waals surface area contributed by atoms with E-state index in [9.17, 15) is 0 Å². The summed E-state index contributed by atoms with van der Waals surface area (Å²) < 4.78 is 5.16. The molecule has 1 atom stereocenters. The third-order valence-electron chi connectivity index (χ3n) is 4.55. The second-order valence-electron chi connectivity index (χ2n) is 6.72. The number of thiol groups is 1. The fourth-order valence-electron chi connectivity index (χ4n) is 2.45. The Morgan fingerprint density at radius 1 is 1.24 bits per heavy atom. The van der Waals surface area contributed by atoms with Crippen molar-refractivity contribution in [1.82, 2.24) is 5.43 Å². The van der Waals surface area contributed by atoms with Crippen molar-refractivity contribution in [3.63, 3.8) is 0 Å². The van der Waals surface area contributed by atoms with Crippen molar-refractivity contribution in [3.05, 3.63) is 41.0 Å². The lowest BCUT2D eigenvalue weighted by atomic mass is 9.68. The van der Waals surface area contributed by atoms with Gasteiger partial charge in [0.25, 0.3) is 0 Å². The molecule has 1 aromatic carbocycles. The van der Waals surface area contributed by atoms with Crippen molar-refractivity contribution in [1.29, 1.82) is 0 Å². The van der Waals surface area contributed by atoms with Gasteiger partial charge >= 0.3 is 0 Å². The molecule has 21 heavy (non-hydrogen) atoms. The Labute approximate surface area is 132 Å². The van der Waals surface area contributed by atoms with Crippen LogP contribution >= 0.6 is 12.9 Å². The Hall–Kier alpha value is -1.23. The molecule has 0 fully saturated rings. The summed E-state index contributed by atoms with van der Waals surface area (Å²) in [5.41, 5.74) is 6.14. The minimum atomic E-state index is -0.0125. The molecule has 0 aromatic heterocycles. The van der Waals surface area contributed by atoms with Crippen molar-refractivity contribution in [2.45, 2.75) is 34.2 Å². The van der Waals surface area contributed by atoms with Crippen molar-refractivity contribution in [2.75, 3.05) is 0 Å². The van der Waals surface area contributed by atoms with E-state index in [-0.39, 0.29) is 10.8 Å². The molecule has 0 radical (unpaired) electrons. The summed E-state index contributed by atoms with van der Waals surface area (Å²) in [5.74, 6) is 6.24. The van der Waals surface area contributed by atoms with E-state index < -0.39 is 0 Å². The molecule has 0 bridgehead atoms. The van der Waals surface area contributed by atoms with Crippen LogP contribution in [0.2, 0.25) is 0 Å². The Balaban J connectivity index is 2.58. The zero-order valence-corrected chi connectivity index (χ0v) is 14.0. The van der Waals surface area contributed by atoms with Crippen LogP contribution in [-0.4, -0.2) is 0 Å². The van der Waals surface area contributed by atoms with Crippen LogP contribution in [0.15, 0.2) is 24.3 Å². The van der Waals surface area contributed by atoms with Crippen LogP contribution in [-0.2, 0) is 6.54 Å². The fraction of sp³-hybridized carbons (Fsp3) is 0.412. The molecule has 4 heteroatoms. The van der Waals surface area contributed by atoms with Gasteiger partial charge in [0.1, 0.15) is 5.75 Å². The predicted molar refractivity (Wildman–Crippen MR) is 92.7 cm³/mol. The average Bonchev–Trinajstić information content (AvgIpc) is 2.60. The minimum Gasteiger partial charge on any atom is -0.429 e. The molecule has 3 N–H and O–H groups in total. The summed E-state index contributed by atoms with van der Waals surface area (Å²) in [6.07, 6.45) is 8.89. The van der Waals surface area contributed by atoms with Crippen molar-refractivity contribution in [2.24, 2.45) is 16.7 Å². The van der Waals surface area contributed by atoms with Gasteiger partial charge in [0.05, 0.1) is 0 Å². The molecule has 0 aliphatic heterocycles. The Morgan fingerprint density at radius 2 is 1.90 bits per heavy atom. The SMILES string of the molecule is CC(C)(C)C1(C)C=Cc2ccc(OS)c(CNN)c2C=C1. The quantitative estimate of drug-likeness (QED) is 0.343. The summed E-state index contributed by atoms with van der Waals surface area (Å²) in [6, 6.07) is 3.98. The van der Waals surface area contributed by atoms with Crippen LogP contribution in [0.5, 0.6) is 5.75 Å². The molecule has 2 rings (SSSR count). The van der Waals surface area contributed by atoms with Crippen molar-refractivity contribution in [3.8, 4) is 5.75 Å². The highest BCUT2D eigenvalue weighted by molar-refractivity contribution is 7.75. The van der Waals surface area contributed by atoms with Gasteiger partial charge in [-0.2, -0.15) is 0 Å². The summed E-state index contributed by atoms with van der Waals surface area (Å²) in [5, 5.41) is 0. The van der Waals surface area contributed by atoms with Gasteiger partial charge in [0.2, 0.25) is 0 Å². The third kappa shape index (κ3) is 3.03. The summed E-state index contributed by atoms with van der Waals surface area (Å²) in [6.45, 7) is 9.54. The molecular weight excluding hydrogens is 280 g/mol. The molecule has 114 valence electrons. The number of hydrogen-bond acceptors (Lipinski definition) is 4. The second-order valence-corrected chi connectivity index (χ2v) is 6.90. The van der Waals surface area contributed by atoms with E-state index in [0.717, 1.165) is 16.9 Å². The third-order valence-corrected chi connectivity index (χ3v) is 4.74. The lowest BCUT2D eigenvalue weighted by Gasteiger charge is -2.37. The van der Waals surface area contributed by atoms with E-state index in [1.54, 1.807) is 0 Å². The number of rotatable bonds is 3. The van der Waals surface area contributed by atoms with Gasteiger partial charge in [0.15, 0.2) is 0 Å². The van der Waals surface area contributed by atoms with E-state index in [1.807, 2.05) is 6.07 Å². The second kappa shape index (κ2) is 5.87.